The van der Waals surface area contributed by atoms with Crippen molar-refractivity contribution < 1.29 is 4.74 Å². The summed E-state index contributed by atoms with van der Waals surface area (Å²) in [6.07, 6.45) is 1.04. The van der Waals surface area contributed by atoms with Crippen LogP contribution in [0.5, 0.6) is 0 Å². The maximum Gasteiger partial charge on any atom is 0.0643 e. The molecule has 0 amide bonds. The molecular weight excluding hydrogens is 262 g/mol. The third-order valence-corrected chi connectivity index (χ3v) is 5.20. The standard InChI is InChI=1S/C17H29N3O/c1-5-17(4,20-9-11-21-12-10-20)16(19-18)15-8-6-7-13(2)14(15)3/h6-8,16,19H,5,9-12,18H2,1-4H3. The van der Waals surface area contributed by atoms with E-state index in [-0.39, 0.29) is 11.6 Å². The highest BCUT2D eigenvalue weighted by Gasteiger charge is 2.39. The van der Waals surface area contributed by atoms with Crippen molar-refractivity contribution in [2.24, 2.45) is 5.84 Å². The van der Waals surface area contributed by atoms with E-state index in [9.17, 15) is 0 Å². The zero-order valence-electron chi connectivity index (χ0n) is 13.8. The number of hydrogen-bond donors (Lipinski definition) is 2. The highest BCUT2D eigenvalue weighted by atomic mass is 16.5. The van der Waals surface area contributed by atoms with Crippen LogP contribution in [0.2, 0.25) is 0 Å². The van der Waals surface area contributed by atoms with Gasteiger partial charge in [-0.15, -0.1) is 0 Å². The Hall–Kier alpha value is -0.940. The van der Waals surface area contributed by atoms with Gasteiger partial charge in [-0.05, 0) is 43.9 Å². The van der Waals surface area contributed by atoms with Crippen molar-refractivity contribution in [1.82, 2.24) is 10.3 Å². The van der Waals surface area contributed by atoms with Gasteiger partial charge in [0.15, 0.2) is 0 Å². The van der Waals surface area contributed by atoms with Crippen LogP contribution in [-0.4, -0.2) is 36.7 Å². The largest absolute Gasteiger partial charge is 0.379 e. The molecule has 0 aliphatic carbocycles. The molecule has 2 unspecified atom stereocenters. The minimum atomic E-state index is -0.0168. The average Bonchev–Trinajstić information content (AvgIpc) is 2.52. The molecule has 0 bridgehead atoms. The van der Waals surface area contributed by atoms with Gasteiger partial charge in [-0.2, -0.15) is 0 Å². The Morgan fingerprint density at radius 2 is 2.00 bits per heavy atom. The summed E-state index contributed by atoms with van der Waals surface area (Å²) >= 11 is 0. The second-order valence-electron chi connectivity index (χ2n) is 6.20. The van der Waals surface area contributed by atoms with Gasteiger partial charge in [0.05, 0.1) is 19.3 Å². The lowest BCUT2D eigenvalue weighted by Crippen LogP contribution is -2.58. The number of hydrogen-bond acceptors (Lipinski definition) is 4. The Bertz CT molecular complexity index is 471. The van der Waals surface area contributed by atoms with E-state index in [1.807, 2.05) is 0 Å². The van der Waals surface area contributed by atoms with Crippen LogP contribution < -0.4 is 11.3 Å². The first-order chi connectivity index (χ1) is 10.0. The molecule has 0 radical (unpaired) electrons. The molecule has 2 rings (SSSR count). The summed E-state index contributed by atoms with van der Waals surface area (Å²) in [7, 11) is 0. The molecule has 1 aromatic rings. The molecule has 1 heterocycles. The number of hydrazine groups is 1. The van der Waals surface area contributed by atoms with E-state index >= 15 is 0 Å². The maximum absolute atomic E-state index is 5.98. The minimum Gasteiger partial charge on any atom is -0.379 e. The van der Waals surface area contributed by atoms with Crippen molar-refractivity contribution in [1.29, 1.82) is 0 Å². The number of nitrogens with two attached hydrogens (primary N) is 1. The molecule has 1 aliphatic heterocycles. The molecular formula is C17H29N3O. The zero-order valence-corrected chi connectivity index (χ0v) is 13.8. The fraction of sp³-hybridized carbons (Fsp3) is 0.647. The summed E-state index contributed by atoms with van der Waals surface area (Å²) in [5.41, 5.74) is 7.02. The van der Waals surface area contributed by atoms with Gasteiger partial charge < -0.3 is 4.74 Å². The first-order valence-corrected chi connectivity index (χ1v) is 7.89. The van der Waals surface area contributed by atoms with Gasteiger partial charge in [-0.25, -0.2) is 0 Å². The van der Waals surface area contributed by atoms with Gasteiger partial charge in [-0.3, -0.25) is 16.2 Å². The van der Waals surface area contributed by atoms with Crippen molar-refractivity contribution in [3.63, 3.8) is 0 Å². The van der Waals surface area contributed by atoms with Crippen molar-refractivity contribution in [2.45, 2.75) is 45.7 Å². The molecule has 0 spiro atoms. The molecule has 0 saturated carbocycles. The average molecular weight is 291 g/mol. The number of benzene rings is 1. The SMILES string of the molecule is CCC(C)(C(NN)c1cccc(C)c1C)N1CCOCC1. The number of ether oxygens (including phenoxy) is 1. The van der Waals surface area contributed by atoms with Crippen LogP contribution in [-0.2, 0) is 4.74 Å². The maximum atomic E-state index is 5.98. The van der Waals surface area contributed by atoms with Crippen LogP contribution in [0, 0.1) is 13.8 Å². The Labute approximate surface area is 128 Å². The first kappa shape index (κ1) is 16.4. The van der Waals surface area contributed by atoms with Crippen molar-refractivity contribution in [2.75, 3.05) is 26.3 Å². The highest BCUT2D eigenvalue weighted by molar-refractivity contribution is 5.37. The molecule has 0 aromatic heterocycles. The minimum absolute atomic E-state index is 0.0168. The van der Waals surface area contributed by atoms with Crippen molar-refractivity contribution in [3.05, 3.63) is 34.9 Å². The highest BCUT2D eigenvalue weighted by Crippen LogP contribution is 2.36. The van der Waals surface area contributed by atoms with Gasteiger partial charge in [0, 0.05) is 18.6 Å². The van der Waals surface area contributed by atoms with E-state index in [1.165, 1.54) is 16.7 Å². The van der Waals surface area contributed by atoms with Gasteiger partial charge in [0.1, 0.15) is 0 Å². The second-order valence-corrected chi connectivity index (χ2v) is 6.20. The van der Waals surface area contributed by atoms with Gasteiger partial charge in [0.2, 0.25) is 0 Å². The van der Waals surface area contributed by atoms with E-state index in [2.05, 4.69) is 56.2 Å². The Morgan fingerprint density at radius 1 is 1.33 bits per heavy atom. The van der Waals surface area contributed by atoms with E-state index < -0.39 is 0 Å². The number of morpholine rings is 1. The summed E-state index contributed by atoms with van der Waals surface area (Å²) in [6, 6.07) is 6.59. The van der Waals surface area contributed by atoms with Crippen molar-refractivity contribution >= 4 is 0 Å². The third-order valence-electron chi connectivity index (χ3n) is 5.20. The lowest BCUT2D eigenvalue weighted by Gasteiger charge is -2.48. The second kappa shape index (κ2) is 6.88. The predicted octanol–water partition coefficient (Wildman–Crippen LogP) is 2.31. The fourth-order valence-electron chi connectivity index (χ4n) is 3.38. The first-order valence-electron chi connectivity index (χ1n) is 7.89. The van der Waals surface area contributed by atoms with Crippen LogP contribution in [0.4, 0.5) is 0 Å². The topological polar surface area (TPSA) is 50.5 Å². The van der Waals surface area contributed by atoms with E-state index in [1.54, 1.807) is 0 Å². The number of nitrogens with one attached hydrogen (secondary N) is 1. The Balaban J connectivity index is 2.38. The summed E-state index contributed by atoms with van der Waals surface area (Å²) in [5, 5.41) is 0. The monoisotopic (exact) mass is 291 g/mol. The smallest absolute Gasteiger partial charge is 0.0643 e. The van der Waals surface area contributed by atoms with Gasteiger partial charge in [-0.1, -0.05) is 25.1 Å². The van der Waals surface area contributed by atoms with Crippen LogP contribution in [0.25, 0.3) is 0 Å². The lowest BCUT2D eigenvalue weighted by molar-refractivity contribution is -0.0330. The van der Waals surface area contributed by atoms with Crippen LogP contribution in [0.3, 0.4) is 0 Å². The molecule has 1 fully saturated rings. The zero-order chi connectivity index (χ0) is 15.5. The van der Waals surface area contributed by atoms with E-state index in [4.69, 9.17) is 10.6 Å². The van der Waals surface area contributed by atoms with Gasteiger partial charge in [0.25, 0.3) is 0 Å². The third kappa shape index (κ3) is 3.14. The molecule has 1 saturated heterocycles. The number of aryl methyl sites for hydroxylation is 1. The lowest BCUT2D eigenvalue weighted by atomic mass is 9.81. The molecule has 21 heavy (non-hydrogen) atoms. The molecule has 4 nitrogen and oxygen atoms in total. The Kier molecular flexibility index (Phi) is 5.38. The van der Waals surface area contributed by atoms with Crippen LogP contribution >= 0.6 is 0 Å². The number of rotatable bonds is 5. The summed E-state index contributed by atoms with van der Waals surface area (Å²) < 4.78 is 5.51. The van der Waals surface area contributed by atoms with Crippen LogP contribution in [0.15, 0.2) is 18.2 Å². The predicted molar refractivity (Wildman–Crippen MR) is 87.1 cm³/mol. The van der Waals surface area contributed by atoms with Crippen molar-refractivity contribution in [3.8, 4) is 0 Å². The van der Waals surface area contributed by atoms with E-state index in [0.29, 0.717) is 0 Å². The number of nitrogens with zero attached hydrogens (tertiary/aromatic N) is 1. The summed E-state index contributed by atoms with van der Waals surface area (Å²) in [5.74, 6) is 5.98. The molecule has 2 atom stereocenters. The van der Waals surface area contributed by atoms with Crippen LogP contribution in [0.1, 0.15) is 43.0 Å². The molecule has 4 heteroatoms. The van der Waals surface area contributed by atoms with E-state index in [0.717, 1.165) is 32.7 Å². The van der Waals surface area contributed by atoms with Gasteiger partial charge >= 0.3 is 0 Å². The Morgan fingerprint density at radius 3 is 2.57 bits per heavy atom. The quantitative estimate of drug-likeness (QED) is 0.646. The fourth-order valence-corrected chi connectivity index (χ4v) is 3.38. The normalized spacial score (nSPS) is 21.0. The molecule has 3 N–H and O–H groups in total. The molecule has 1 aliphatic rings. The summed E-state index contributed by atoms with van der Waals surface area (Å²) in [4.78, 5) is 2.52. The molecule has 118 valence electrons. The summed E-state index contributed by atoms with van der Waals surface area (Å²) in [6.45, 7) is 12.4. The molecule has 1 aromatic carbocycles.